The zero-order valence-electron chi connectivity index (χ0n) is 10.6. The lowest BCUT2D eigenvalue weighted by atomic mass is 10.2. The first-order valence-corrected chi connectivity index (χ1v) is 5.73. The van der Waals surface area contributed by atoms with E-state index in [4.69, 9.17) is 9.47 Å². The fourth-order valence-corrected chi connectivity index (χ4v) is 0.868. The molecule has 0 aliphatic rings. The lowest BCUT2D eigenvalue weighted by Gasteiger charge is -2.08. The number of esters is 2. The van der Waals surface area contributed by atoms with Crippen molar-refractivity contribution in [3.8, 4) is 0 Å². The summed E-state index contributed by atoms with van der Waals surface area (Å²) < 4.78 is 9.87. The van der Waals surface area contributed by atoms with Crippen LogP contribution in [0.4, 0.5) is 0 Å². The zero-order valence-corrected chi connectivity index (χ0v) is 10.6. The maximum absolute atomic E-state index is 11.2. The molecular formula is C12H22O4. The maximum Gasteiger partial charge on any atom is 0.306 e. The number of hydrogen-bond donors (Lipinski definition) is 0. The van der Waals surface area contributed by atoms with Gasteiger partial charge in [0.1, 0.15) is 0 Å². The predicted octanol–water partition coefficient (Wildman–Crippen LogP) is 2.17. The van der Waals surface area contributed by atoms with Crippen LogP contribution in [0.15, 0.2) is 0 Å². The van der Waals surface area contributed by atoms with Crippen LogP contribution in [0.2, 0.25) is 0 Å². The molecular weight excluding hydrogens is 208 g/mol. The average Bonchev–Trinajstić information content (AvgIpc) is 2.20. The summed E-state index contributed by atoms with van der Waals surface area (Å²) in [7, 11) is 0. The van der Waals surface area contributed by atoms with Crippen molar-refractivity contribution < 1.29 is 19.1 Å². The van der Waals surface area contributed by atoms with E-state index < -0.39 is 0 Å². The lowest BCUT2D eigenvalue weighted by Crippen LogP contribution is -2.14. The van der Waals surface area contributed by atoms with E-state index in [0.29, 0.717) is 25.0 Å². The molecule has 4 nitrogen and oxygen atoms in total. The summed E-state index contributed by atoms with van der Waals surface area (Å²) in [6.07, 6.45) is 0.202. The quantitative estimate of drug-likeness (QED) is 0.629. The van der Waals surface area contributed by atoms with Gasteiger partial charge < -0.3 is 9.47 Å². The molecule has 0 saturated heterocycles. The minimum absolute atomic E-state index is 0.101. The molecule has 0 N–H and O–H groups in total. The first-order valence-electron chi connectivity index (χ1n) is 5.73. The minimum Gasteiger partial charge on any atom is -0.465 e. The molecule has 0 atom stereocenters. The summed E-state index contributed by atoms with van der Waals surface area (Å²) in [5, 5.41) is 0. The molecule has 0 spiro atoms. The number of carbonyl (C=O) groups is 2. The Morgan fingerprint density at radius 1 is 0.812 bits per heavy atom. The highest BCUT2D eigenvalue weighted by molar-refractivity contribution is 5.77. The molecule has 0 aromatic heterocycles. The van der Waals surface area contributed by atoms with E-state index in [1.807, 2.05) is 27.7 Å². The SMILES string of the molecule is CC(C)COC(=O)CCC(=O)OCC(C)C. The van der Waals surface area contributed by atoms with Gasteiger partial charge in [-0.1, -0.05) is 27.7 Å². The average molecular weight is 230 g/mol. The molecule has 0 aliphatic heterocycles. The second-order valence-electron chi connectivity index (χ2n) is 4.65. The number of ether oxygens (including phenoxy) is 2. The van der Waals surface area contributed by atoms with Crippen molar-refractivity contribution in [3.05, 3.63) is 0 Å². The Morgan fingerprint density at radius 2 is 1.12 bits per heavy atom. The Morgan fingerprint density at radius 3 is 1.38 bits per heavy atom. The second-order valence-corrected chi connectivity index (χ2v) is 4.65. The summed E-state index contributed by atoms with van der Waals surface area (Å²) in [5.74, 6) is -0.0425. The second kappa shape index (κ2) is 8.13. The molecule has 4 heteroatoms. The Hall–Kier alpha value is -1.06. The smallest absolute Gasteiger partial charge is 0.306 e. The fraction of sp³-hybridized carbons (Fsp3) is 0.833. The molecule has 0 aromatic rings. The van der Waals surface area contributed by atoms with E-state index in [9.17, 15) is 9.59 Å². The molecule has 94 valence electrons. The van der Waals surface area contributed by atoms with Crippen molar-refractivity contribution in [1.29, 1.82) is 0 Å². The Kier molecular flexibility index (Phi) is 7.60. The van der Waals surface area contributed by atoms with E-state index in [1.165, 1.54) is 0 Å². The summed E-state index contributed by atoms with van der Waals surface area (Å²) >= 11 is 0. The van der Waals surface area contributed by atoms with Gasteiger partial charge in [0.25, 0.3) is 0 Å². The molecule has 0 rings (SSSR count). The van der Waals surface area contributed by atoms with Crippen LogP contribution in [0.1, 0.15) is 40.5 Å². The van der Waals surface area contributed by atoms with Crippen LogP contribution in [-0.2, 0) is 19.1 Å². The van der Waals surface area contributed by atoms with E-state index in [2.05, 4.69) is 0 Å². The van der Waals surface area contributed by atoms with Gasteiger partial charge in [0.05, 0.1) is 26.1 Å². The van der Waals surface area contributed by atoms with Gasteiger partial charge in [0.2, 0.25) is 0 Å². The molecule has 0 aliphatic carbocycles. The van der Waals surface area contributed by atoms with Gasteiger partial charge in [0, 0.05) is 0 Å². The van der Waals surface area contributed by atoms with Crippen LogP contribution in [0.5, 0.6) is 0 Å². The molecule has 0 saturated carbocycles. The highest BCUT2D eigenvalue weighted by Gasteiger charge is 2.10. The normalized spacial score (nSPS) is 10.6. The Labute approximate surface area is 97.3 Å². The molecule has 0 amide bonds. The Bertz CT molecular complexity index is 197. The molecule has 0 heterocycles. The first kappa shape index (κ1) is 14.9. The highest BCUT2D eigenvalue weighted by atomic mass is 16.5. The van der Waals surface area contributed by atoms with Gasteiger partial charge in [-0.25, -0.2) is 0 Å². The van der Waals surface area contributed by atoms with Crippen LogP contribution in [0.25, 0.3) is 0 Å². The van der Waals surface area contributed by atoms with Crippen LogP contribution in [0, 0.1) is 11.8 Å². The minimum atomic E-state index is -0.338. The third kappa shape index (κ3) is 9.49. The highest BCUT2D eigenvalue weighted by Crippen LogP contribution is 2.01. The van der Waals surface area contributed by atoms with Gasteiger partial charge >= 0.3 is 11.9 Å². The van der Waals surface area contributed by atoms with Gasteiger partial charge in [-0.3, -0.25) is 9.59 Å². The summed E-state index contributed by atoms with van der Waals surface area (Å²) in [4.78, 5) is 22.3. The van der Waals surface area contributed by atoms with Crippen LogP contribution in [0.3, 0.4) is 0 Å². The maximum atomic E-state index is 11.2. The topological polar surface area (TPSA) is 52.6 Å². The van der Waals surface area contributed by atoms with Crippen molar-refractivity contribution in [2.45, 2.75) is 40.5 Å². The molecule has 0 unspecified atom stereocenters. The van der Waals surface area contributed by atoms with E-state index in [-0.39, 0.29) is 24.8 Å². The number of rotatable bonds is 7. The van der Waals surface area contributed by atoms with Gasteiger partial charge in [0.15, 0.2) is 0 Å². The molecule has 0 bridgehead atoms. The van der Waals surface area contributed by atoms with E-state index in [1.54, 1.807) is 0 Å². The molecule has 0 aromatic carbocycles. The van der Waals surface area contributed by atoms with Crippen molar-refractivity contribution in [3.63, 3.8) is 0 Å². The fourth-order valence-electron chi connectivity index (χ4n) is 0.868. The van der Waals surface area contributed by atoms with Gasteiger partial charge in [-0.15, -0.1) is 0 Å². The summed E-state index contributed by atoms with van der Waals surface area (Å²) in [6.45, 7) is 8.66. The lowest BCUT2D eigenvalue weighted by molar-refractivity contribution is -0.151. The van der Waals surface area contributed by atoms with Crippen molar-refractivity contribution in [1.82, 2.24) is 0 Å². The summed E-state index contributed by atoms with van der Waals surface area (Å²) in [6, 6.07) is 0. The molecule has 16 heavy (non-hydrogen) atoms. The number of hydrogen-bond acceptors (Lipinski definition) is 4. The molecule has 0 fully saturated rings. The zero-order chi connectivity index (χ0) is 12.6. The monoisotopic (exact) mass is 230 g/mol. The summed E-state index contributed by atoms with van der Waals surface area (Å²) in [5.41, 5.74) is 0. The van der Waals surface area contributed by atoms with E-state index >= 15 is 0 Å². The van der Waals surface area contributed by atoms with Crippen molar-refractivity contribution in [2.24, 2.45) is 11.8 Å². The Balaban J connectivity index is 3.55. The van der Waals surface area contributed by atoms with Crippen molar-refractivity contribution >= 4 is 11.9 Å². The third-order valence-corrected chi connectivity index (χ3v) is 1.69. The standard InChI is InChI=1S/C12H22O4/c1-9(2)7-15-11(13)5-6-12(14)16-8-10(3)4/h9-10H,5-8H2,1-4H3. The first-order chi connectivity index (χ1) is 7.41. The molecule has 0 radical (unpaired) electrons. The number of carbonyl (C=O) groups excluding carboxylic acids is 2. The van der Waals surface area contributed by atoms with Crippen LogP contribution in [-0.4, -0.2) is 25.2 Å². The van der Waals surface area contributed by atoms with Gasteiger partial charge in [-0.2, -0.15) is 0 Å². The third-order valence-electron chi connectivity index (χ3n) is 1.69. The van der Waals surface area contributed by atoms with E-state index in [0.717, 1.165) is 0 Å². The predicted molar refractivity (Wildman–Crippen MR) is 60.8 cm³/mol. The largest absolute Gasteiger partial charge is 0.465 e. The van der Waals surface area contributed by atoms with Crippen molar-refractivity contribution in [2.75, 3.05) is 13.2 Å². The van der Waals surface area contributed by atoms with Gasteiger partial charge in [-0.05, 0) is 11.8 Å². The van der Waals surface area contributed by atoms with Crippen LogP contribution < -0.4 is 0 Å². The van der Waals surface area contributed by atoms with Crippen LogP contribution >= 0.6 is 0 Å².